The standard InChI is InChI=1S/C13H18N4O3/c1-3-4-11-13(18)14-7-8-16(11)12-6-5-10(17(19)20)9(2)15-12/h5-6,11H,3-4,7-8H2,1-2H3,(H,14,18). The van der Waals surface area contributed by atoms with E-state index in [1.165, 1.54) is 6.07 Å². The van der Waals surface area contributed by atoms with Gasteiger partial charge in [-0.15, -0.1) is 0 Å². The summed E-state index contributed by atoms with van der Waals surface area (Å²) in [6.45, 7) is 4.87. The van der Waals surface area contributed by atoms with Crippen molar-refractivity contribution in [3.8, 4) is 0 Å². The van der Waals surface area contributed by atoms with Gasteiger partial charge in [-0.3, -0.25) is 14.9 Å². The quantitative estimate of drug-likeness (QED) is 0.664. The Balaban J connectivity index is 2.31. The van der Waals surface area contributed by atoms with Gasteiger partial charge in [0.1, 0.15) is 17.6 Å². The Labute approximate surface area is 117 Å². The highest BCUT2D eigenvalue weighted by atomic mass is 16.6. The van der Waals surface area contributed by atoms with Crippen molar-refractivity contribution in [1.82, 2.24) is 10.3 Å². The Kier molecular flexibility index (Phi) is 4.16. The number of carbonyl (C=O) groups is 1. The molecule has 2 heterocycles. The van der Waals surface area contributed by atoms with Gasteiger partial charge in [-0.25, -0.2) is 4.98 Å². The van der Waals surface area contributed by atoms with Crippen LogP contribution in [0.25, 0.3) is 0 Å². The predicted octanol–water partition coefficient (Wildman–Crippen LogP) is 1.40. The van der Waals surface area contributed by atoms with E-state index in [4.69, 9.17) is 0 Å². The second-order valence-corrected chi connectivity index (χ2v) is 4.82. The Morgan fingerprint density at radius 2 is 2.30 bits per heavy atom. The summed E-state index contributed by atoms with van der Waals surface area (Å²) < 4.78 is 0. The molecule has 1 aromatic heterocycles. The molecule has 0 radical (unpaired) electrons. The molecular formula is C13H18N4O3. The summed E-state index contributed by atoms with van der Waals surface area (Å²) in [6.07, 6.45) is 1.63. The fourth-order valence-electron chi connectivity index (χ4n) is 2.44. The number of hydrogen-bond acceptors (Lipinski definition) is 5. The van der Waals surface area contributed by atoms with E-state index in [0.29, 0.717) is 24.6 Å². The zero-order valence-electron chi connectivity index (χ0n) is 11.6. The van der Waals surface area contributed by atoms with Crippen molar-refractivity contribution in [2.45, 2.75) is 32.7 Å². The summed E-state index contributed by atoms with van der Waals surface area (Å²) in [5, 5.41) is 13.7. The summed E-state index contributed by atoms with van der Waals surface area (Å²) in [4.78, 5) is 28.5. The maximum absolute atomic E-state index is 11.9. The lowest BCUT2D eigenvalue weighted by molar-refractivity contribution is -0.385. The van der Waals surface area contributed by atoms with Crippen LogP contribution in [-0.2, 0) is 4.79 Å². The van der Waals surface area contributed by atoms with E-state index < -0.39 is 4.92 Å². The number of nitrogens with zero attached hydrogens (tertiary/aromatic N) is 3. The first-order valence-electron chi connectivity index (χ1n) is 6.71. The molecule has 0 saturated carbocycles. The van der Waals surface area contributed by atoms with Crippen molar-refractivity contribution >= 4 is 17.4 Å². The molecule has 1 amide bonds. The van der Waals surface area contributed by atoms with Gasteiger partial charge in [0.25, 0.3) is 5.69 Å². The van der Waals surface area contributed by atoms with Crippen molar-refractivity contribution in [2.75, 3.05) is 18.0 Å². The summed E-state index contributed by atoms with van der Waals surface area (Å²) in [6, 6.07) is 2.82. The van der Waals surface area contributed by atoms with Crippen LogP contribution in [0.5, 0.6) is 0 Å². The van der Waals surface area contributed by atoms with Crippen molar-refractivity contribution < 1.29 is 9.72 Å². The smallest absolute Gasteiger partial charge is 0.290 e. The number of aryl methyl sites for hydroxylation is 1. The fourth-order valence-corrected chi connectivity index (χ4v) is 2.44. The Hall–Kier alpha value is -2.18. The van der Waals surface area contributed by atoms with Gasteiger partial charge in [0.15, 0.2) is 0 Å². The minimum atomic E-state index is -0.446. The molecule has 1 saturated heterocycles. The van der Waals surface area contributed by atoms with Crippen LogP contribution in [0.3, 0.4) is 0 Å². The zero-order chi connectivity index (χ0) is 14.7. The van der Waals surface area contributed by atoms with Gasteiger partial charge in [0.05, 0.1) is 4.92 Å². The van der Waals surface area contributed by atoms with Crippen LogP contribution < -0.4 is 10.2 Å². The normalized spacial score (nSPS) is 18.8. The number of anilines is 1. The van der Waals surface area contributed by atoms with Crippen LogP contribution in [0.4, 0.5) is 11.5 Å². The molecular weight excluding hydrogens is 260 g/mol. The Morgan fingerprint density at radius 3 is 2.90 bits per heavy atom. The SMILES string of the molecule is CCCC1C(=O)NCCN1c1ccc([N+](=O)[O-])c(C)n1. The van der Waals surface area contributed by atoms with Gasteiger partial charge < -0.3 is 10.2 Å². The molecule has 1 aliphatic heterocycles. The lowest BCUT2D eigenvalue weighted by Gasteiger charge is -2.35. The summed E-state index contributed by atoms with van der Waals surface area (Å²) >= 11 is 0. The monoisotopic (exact) mass is 278 g/mol. The van der Waals surface area contributed by atoms with Crippen LogP contribution in [-0.4, -0.2) is 34.9 Å². The fraction of sp³-hybridized carbons (Fsp3) is 0.538. The van der Waals surface area contributed by atoms with Crippen LogP contribution in [0.1, 0.15) is 25.5 Å². The maximum atomic E-state index is 11.9. The molecule has 0 aromatic carbocycles. The van der Waals surface area contributed by atoms with Crippen molar-refractivity contribution in [3.63, 3.8) is 0 Å². The lowest BCUT2D eigenvalue weighted by Crippen LogP contribution is -2.55. The molecule has 1 aromatic rings. The summed E-state index contributed by atoms with van der Waals surface area (Å²) in [7, 11) is 0. The van der Waals surface area contributed by atoms with E-state index in [-0.39, 0.29) is 17.6 Å². The summed E-state index contributed by atoms with van der Waals surface area (Å²) in [5.41, 5.74) is 0.371. The number of hydrogen-bond donors (Lipinski definition) is 1. The highest BCUT2D eigenvalue weighted by Crippen LogP contribution is 2.24. The number of pyridine rings is 1. The number of nitro groups is 1. The second kappa shape index (κ2) is 5.85. The second-order valence-electron chi connectivity index (χ2n) is 4.82. The van der Waals surface area contributed by atoms with Crippen LogP contribution in [0.2, 0.25) is 0 Å². The number of aromatic nitrogens is 1. The first-order valence-corrected chi connectivity index (χ1v) is 6.71. The highest BCUT2D eigenvalue weighted by Gasteiger charge is 2.30. The van der Waals surface area contributed by atoms with E-state index >= 15 is 0 Å². The van der Waals surface area contributed by atoms with Gasteiger partial charge >= 0.3 is 0 Å². The highest BCUT2D eigenvalue weighted by molar-refractivity contribution is 5.86. The molecule has 0 aliphatic carbocycles. The molecule has 2 rings (SSSR count). The number of amides is 1. The molecule has 7 heteroatoms. The van der Waals surface area contributed by atoms with Gasteiger partial charge in [-0.05, 0) is 19.4 Å². The van der Waals surface area contributed by atoms with Gasteiger partial charge in [-0.2, -0.15) is 0 Å². The minimum absolute atomic E-state index is 0.00209. The molecule has 7 nitrogen and oxygen atoms in total. The minimum Gasteiger partial charge on any atom is -0.353 e. The van der Waals surface area contributed by atoms with E-state index in [9.17, 15) is 14.9 Å². The molecule has 0 bridgehead atoms. The lowest BCUT2D eigenvalue weighted by atomic mass is 10.1. The molecule has 1 unspecified atom stereocenters. The van der Waals surface area contributed by atoms with Crippen LogP contribution >= 0.6 is 0 Å². The van der Waals surface area contributed by atoms with E-state index in [1.807, 2.05) is 11.8 Å². The molecule has 1 N–H and O–H groups in total. The largest absolute Gasteiger partial charge is 0.353 e. The van der Waals surface area contributed by atoms with Crippen LogP contribution in [0, 0.1) is 17.0 Å². The number of rotatable bonds is 4. The Bertz CT molecular complexity index is 532. The topological polar surface area (TPSA) is 88.4 Å². The molecule has 1 aliphatic rings. The average Bonchev–Trinajstić information content (AvgIpc) is 2.40. The molecule has 108 valence electrons. The number of piperazine rings is 1. The number of nitrogens with one attached hydrogen (secondary N) is 1. The first-order chi connectivity index (χ1) is 9.54. The zero-order valence-corrected chi connectivity index (χ0v) is 11.6. The van der Waals surface area contributed by atoms with Crippen molar-refractivity contribution in [1.29, 1.82) is 0 Å². The van der Waals surface area contributed by atoms with Gasteiger partial charge in [-0.1, -0.05) is 13.3 Å². The number of carbonyl (C=O) groups excluding carboxylic acids is 1. The average molecular weight is 278 g/mol. The van der Waals surface area contributed by atoms with Crippen molar-refractivity contribution in [2.24, 2.45) is 0 Å². The van der Waals surface area contributed by atoms with Gasteiger partial charge in [0.2, 0.25) is 5.91 Å². The predicted molar refractivity (Wildman–Crippen MR) is 74.7 cm³/mol. The Morgan fingerprint density at radius 1 is 1.55 bits per heavy atom. The van der Waals surface area contributed by atoms with Gasteiger partial charge in [0, 0.05) is 19.2 Å². The molecule has 0 spiro atoms. The van der Waals surface area contributed by atoms with E-state index in [0.717, 1.165) is 12.8 Å². The maximum Gasteiger partial charge on any atom is 0.290 e. The van der Waals surface area contributed by atoms with E-state index in [1.54, 1.807) is 13.0 Å². The van der Waals surface area contributed by atoms with Crippen LogP contribution in [0.15, 0.2) is 12.1 Å². The molecule has 1 atom stereocenters. The van der Waals surface area contributed by atoms with E-state index in [2.05, 4.69) is 10.3 Å². The molecule has 20 heavy (non-hydrogen) atoms. The van der Waals surface area contributed by atoms with Crippen molar-refractivity contribution in [3.05, 3.63) is 27.9 Å². The third-order valence-corrected chi connectivity index (χ3v) is 3.43. The molecule has 1 fully saturated rings. The summed E-state index contributed by atoms with van der Waals surface area (Å²) in [5.74, 6) is 0.623. The third-order valence-electron chi connectivity index (χ3n) is 3.43. The first kappa shape index (κ1) is 14.2. The third kappa shape index (κ3) is 2.71.